The molecule has 34 nitrogen and oxygen atoms in total. The summed E-state index contributed by atoms with van der Waals surface area (Å²) in [4.78, 5) is 244. The van der Waals surface area contributed by atoms with Gasteiger partial charge in [-0.15, -0.1) is 6.58 Å². The Morgan fingerprint density at radius 3 is 1.12 bits per heavy atom. The number of urea groups is 3. The van der Waals surface area contributed by atoms with Crippen molar-refractivity contribution in [2.45, 2.75) is 350 Å². The maximum Gasteiger partial charge on any atom is 0.316 e. The van der Waals surface area contributed by atoms with Crippen molar-refractivity contribution in [3.05, 3.63) is 42.5 Å². The summed E-state index contributed by atoms with van der Waals surface area (Å²) >= 11 is 0. The number of hydrogen-bond donors (Lipinski definition) is 13. The normalized spacial score (nSPS) is 26.3. The Hall–Kier alpha value is -10.2. The average Bonchev–Trinajstić information content (AvgIpc) is 1.53. The third-order valence-corrected chi connectivity index (χ3v) is 32.6. The number of ketones is 6. The molecule has 15 N–H and O–H groups in total. The summed E-state index contributed by atoms with van der Waals surface area (Å²) in [5.74, 6) is -8.22. The molecule has 0 spiro atoms. The molecule has 10 saturated carbocycles. The molecule has 0 radical (unpaired) electrons. The first kappa shape index (κ1) is 106. The number of fused-ring (bicyclic) bond motifs is 3. The van der Waals surface area contributed by atoms with Gasteiger partial charge in [-0.05, 0) is 194 Å². The van der Waals surface area contributed by atoms with E-state index in [1.54, 1.807) is 56.6 Å². The van der Waals surface area contributed by atoms with Gasteiger partial charge in [0.25, 0.3) is 17.7 Å². The molecule has 34 heteroatoms. The number of likely N-dealkylation sites (tertiary alicyclic amines) is 3. The second-order valence-electron chi connectivity index (χ2n) is 46.4. The molecule has 0 bridgehead atoms. The lowest BCUT2D eigenvalue weighted by molar-refractivity contribution is -0.145. The molecular weight excluding hydrogens is 1750 g/mol. The first-order chi connectivity index (χ1) is 64.4. The van der Waals surface area contributed by atoms with Crippen LogP contribution in [-0.4, -0.2) is 224 Å². The zero-order chi connectivity index (χ0) is 100. The number of benzene rings is 1. The predicted octanol–water partition coefficient (Wildman–Crippen LogP) is 8.39. The van der Waals surface area contributed by atoms with Gasteiger partial charge in [-0.1, -0.05) is 212 Å². The first-order valence-corrected chi connectivity index (χ1v) is 51.0. The minimum Gasteiger partial charge on any atom is -0.507 e. The van der Waals surface area contributed by atoms with Crippen molar-refractivity contribution in [1.82, 2.24) is 67.9 Å². The summed E-state index contributed by atoms with van der Waals surface area (Å²) < 4.78 is 0. The Morgan fingerprint density at radius 2 is 0.788 bits per heavy atom. The summed E-state index contributed by atoms with van der Waals surface area (Å²) in [6.07, 6.45) is 24.8. The number of para-hydroxylation sites is 1. The summed E-state index contributed by atoms with van der Waals surface area (Å²) in [6.45, 7) is 33.4. The second-order valence-corrected chi connectivity index (χ2v) is 46.4. The number of amides is 15. The van der Waals surface area contributed by atoms with Gasteiger partial charge in [-0.3, -0.25) is 71.9 Å². The molecule has 0 aromatic heterocycles. The average molecular weight is 1910 g/mol. The van der Waals surface area contributed by atoms with Crippen LogP contribution in [0.2, 0.25) is 0 Å². The Balaban J connectivity index is 0.000000185. The summed E-state index contributed by atoms with van der Waals surface area (Å²) in [7, 11) is 0. The highest BCUT2D eigenvalue weighted by atomic mass is 16.3. The molecule has 14 rings (SSSR count). The van der Waals surface area contributed by atoms with E-state index in [4.69, 9.17) is 11.5 Å². The van der Waals surface area contributed by atoms with Crippen molar-refractivity contribution in [2.75, 3.05) is 26.2 Å². The number of rotatable bonds is 39. The Bertz CT molecular complexity index is 4750. The molecule has 15 amide bonds. The van der Waals surface area contributed by atoms with Crippen LogP contribution in [0.1, 0.15) is 288 Å². The zero-order valence-electron chi connectivity index (χ0n) is 83.3. The topological polar surface area (TPSA) is 510 Å². The van der Waals surface area contributed by atoms with Crippen LogP contribution >= 0.6 is 0 Å². The van der Waals surface area contributed by atoms with Crippen molar-refractivity contribution in [2.24, 2.45) is 121 Å². The van der Waals surface area contributed by atoms with E-state index in [0.29, 0.717) is 38.9 Å². The van der Waals surface area contributed by atoms with Gasteiger partial charge in [0.2, 0.25) is 52.8 Å². The number of nitrogens with one attached hydrogen (secondary N) is 10. The van der Waals surface area contributed by atoms with Crippen LogP contribution in [0.4, 0.5) is 14.4 Å². The standard InChI is InChI=1S/C35H53N5O6.C35H55N5O6.C33H47N5O7/c1-35(2)23-18-40(28(25(23)35)32(44)37-24(17-19-13-14-19)30(42)31(36)43)33(45)27(21-11-7-4-8-12-21)39-34(46)38-26(29(41)22-15-16-22)20-9-5-3-6-10-20;1-8-13-23(28(42)31(44)36-18-9-2)37-30(43)26-24-22(35(24,6)7)19-40(26)32(45)29(34(3,4)5)39-33(46)38-25(27(41)21-16-17-21)20-14-11-10-12-15-20;1-16(2)23(25(40)18-10-8-9-11-21(18)39)36-31(45)37-27(32(3,4)5)30(44)38-15-19-22(33(19,6)7)24(38)29(43)35-20(14-17-12-13-17)26(41)28(34)42/h19-28H,3-18H2,1-2H3,(H2,36,43)(H,37,44)(H2,38,39,46);9,20-26,29H,2,8,10-19H2,1,3-7H3,(H,36,44)(H,37,43)(H2,38,39,46);8-11,16-17,19-20,22-24,27,39H,12-15H2,1-7H3,(H2,34,42)(H,35,43)(H2,36,37,45)/t23-,24?,25-,26-,27-,28-;22-,23?,24-,25-,26-,29+;19-,20?,22-,23-,24-,27+/m000/s1. The monoisotopic (exact) mass is 1910 g/mol. The number of phenolic OH excluding ortho intramolecular Hbond substituents is 1. The Morgan fingerprint density at radius 1 is 0.445 bits per heavy atom. The Labute approximate surface area is 806 Å². The number of phenols is 1. The van der Waals surface area contributed by atoms with E-state index in [9.17, 15) is 91.4 Å². The fourth-order valence-corrected chi connectivity index (χ4v) is 23.4. The van der Waals surface area contributed by atoms with Crippen molar-refractivity contribution in [3.8, 4) is 5.75 Å². The Kier molecular flexibility index (Phi) is 33.4. The first-order valence-electron chi connectivity index (χ1n) is 51.0. The molecule has 1 aromatic carbocycles. The van der Waals surface area contributed by atoms with Gasteiger partial charge in [-0.25, -0.2) is 14.4 Å². The number of nitrogens with zero attached hydrogens (tertiary/aromatic N) is 3. The summed E-state index contributed by atoms with van der Waals surface area (Å²) in [6, 6.07) is -6.32. The van der Waals surface area contributed by atoms with Crippen LogP contribution in [0.3, 0.4) is 0 Å². The van der Waals surface area contributed by atoms with Crippen LogP contribution in [0.15, 0.2) is 36.9 Å². The molecule has 3 aliphatic heterocycles. The SMILES string of the molecule is C=CCNC(=O)C(=O)C(CCC)NC(=O)[C@@H]1[C@@H]2[C@H](CN1C(=O)[C@@H](NC(=O)N[C@H](C(=O)C1CC1)C1CCCCC1)C(C)(C)C)C2(C)C.CC(C)[C@H](NC(=O)N[C@H](C(=O)N1C[C@H]2[C@@H]([C@H]1C(=O)NC(CC1CC1)C(=O)C(N)=O)C2(C)C)C(C)(C)C)C(=O)c1ccccc1O.CC1(C)[C@@H]2[C@@H](C(=O)NC(CC3CC3)C(=O)C(N)=O)N(C(=O)[C@@H](NC(=O)N[C@H](C(=O)C3CC3)C3CCCCC3)C3CCCCC3)C[C@@H]21. The van der Waals surface area contributed by atoms with Gasteiger partial charge in [0.05, 0.1) is 41.8 Å². The number of carbonyl (C=O) groups excluding carboxylic acids is 18. The fraction of sp³-hybridized carbons (Fsp3) is 0.748. The summed E-state index contributed by atoms with van der Waals surface area (Å²) in [5, 5.41) is 38.4. The molecule has 3 heterocycles. The third kappa shape index (κ3) is 25.0. The van der Waals surface area contributed by atoms with E-state index in [1.165, 1.54) is 23.1 Å². The van der Waals surface area contributed by atoms with E-state index >= 15 is 0 Å². The third-order valence-electron chi connectivity index (χ3n) is 32.6. The van der Waals surface area contributed by atoms with Gasteiger partial charge in [-0.2, -0.15) is 0 Å². The number of piperidine rings is 3. The fourth-order valence-electron chi connectivity index (χ4n) is 23.4. The minimum absolute atomic E-state index is 0.00250. The zero-order valence-corrected chi connectivity index (χ0v) is 83.3. The van der Waals surface area contributed by atoms with Gasteiger partial charge >= 0.3 is 18.1 Å². The van der Waals surface area contributed by atoms with E-state index in [1.807, 2.05) is 41.5 Å². The lowest BCUT2D eigenvalue weighted by Gasteiger charge is -2.38. The molecule has 756 valence electrons. The number of Topliss-reactive ketones (excluding diaryl/α,β-unsaturated/α-hetero) is 6. The van der Waals surface area contributed by atoms with Crippen LogP contribution in [0.5, 0.6) is 5.75 Å². The molecule has 1 aromatic rings. The molecule has 3 saturated heterocycles. The highest BCUT2D eigenvalue weighted by molar-refractivity contribution is 6.39. The smallest absolute Gasteiger partial charge is 0.316 e. The predicted molar refractivity (Wildman–Crippen MR) is 510 cm³/mol. The van der Waals surface area contributed by atoms with Crippen molar-refractivity contribution in [1.29, 1.82) is 0 Å². The van der Waals surface area contributed by atoms with Gasteiger partial charge < -0.3 is 84.4 Å². The maximum absolute atomic E-state index is 14.5. The molecule has 13 fully saturated rings. The highest BCUT2D eigenvalue weighted by Gasteiger charge is 2.73. The number of nitrogens with two attached hydrogens (primary N) is 2. The number of carbonyl (C=O) groups is 18. The quantitative estimate of drug-likeness (QED) is 0.0167. The van der Waals surface area contributed by atoms with E-state index in [0.717, 1.165) is 148 Å². The van der Waals surface area contributed by atoms with Gasteiger partial charge in [0.15, 0.2) is 17.3 Å². The lowest BCUT2D eigenvalue weighted by Crippen LogP contribution is -2.62. The number of aromatic hydroxyl groups is 1. The van der Waals surface area contributed by atoms with Crippen LogP contribution < -0.4 is 64.6 Å². The second kappa shape index (κ2) is 43.3. The minimum atomic E-state index is -1.12. The molecule has 10 aliphatic carbocycles. The van der Waals surface area contributed by atoms with Gasteiger partial charge in [0, 0.05) is 38.0 Å². The van der Waals surface area contributed by atoms with Gasteiger partial charge in [0.1, 0.15) is 42.0 Å². The molecule has 13 aliphatic rings. The largest absolute Gasteiger partial charge is 0.507 e. The highest BCUT2D eigenvalue weighted by Crippen LogP contribution is 2.67. The van der Waals surface area contributed by atoms with Crippen LogP contribution in [0, 0.1) is 110 Å². The molecule has 18 atom stereocenters. The van der Waals surface area contributed by atoms with Crippen LogP contribution in [0.25, 0.3) is 0 Å². The van der Waals surface area contributed by atoms with Crippen molar-refractivity contribution >= 4 is 106 Å². The number of primary amides is 2. The molecule has 137 heavy (non-hydrogen) atoms. The van der Waals surface area contributed by atoms with Crippen molar-refractivity contribution in [3.63, 3.8) is 0 Å². The van der Waals surface area contributed by atoms with E-state index in [2.05, 4.69) is 87.4 Å². The lowest BCUT2D eigenvalue weighted by atomic mass is 9.81. The molecule has 3 unspecified atom stereocenters. The maximum atomic E-state index is 14.5. The van der Waals surface area contributed by atoms with Crippen molar-refractivity contribution < 1.29 is 91.4 Å². The van der Waals surface area contributed by atoms with E-state index < -0.39 is 166 Å². The molecular formula is C103H155N15O19. The van der Waals surface area contributed by atoms with E-state index in [-0.39, 0.29) is 147 Å². The van der Waals surface area contributed by atoms with Crippen LogP contribution in [-0.2, 0) is 67.1 Å². The number of hydrogen-bond acceptors (Lipinski definition) is 19. The summed E-state index contributed by atoms with van der Waals surface area (Å²) in [5.41, 5.74) is 8.65.